The van der Waals surface area contributed by atoms with E-state index >= 15 is 0 Å². The Kier molecular flexibility index (Phi) is 2.35. The molecule has 2 rings (SSSR count). The van der Waals surface area contributed by atoms with Crippen LogP contribution in [0.4, 0.5) is 0 Å². The van der Waals surface area contributed by atoms with Crippen LogP contribution < -0.4 is 5.84 Å². The van der Waals surface area contributed by atoms with Gasteiger partial charge in [0.25, 0.3) is 0 Å². The molecule has 0 amide bonds. The molecule has 76 valence electrons. The van der Waals surface area contributed by atoms with Gasteiger partial charge in [-0.05, 0) is 12.8 Å². The summed E-state index contributed by atoms with van der Waals surface area (Å²) in [5, 5.41) is 6.06. The molecule has 0 spiro atoms. The lowest BCUT2D eigenvalue weighted by Crippen LogP contribution is -2.56. The standard InChI is InChI=1S/C9H16N5/c1-14(13-6-2-3-7-13)8-4-5-11-9(14)12-10/h4-5,8H,2-3,6-7,10H2,1H3/q+1. The number of allylic oxidation sites excluding steroid dienone is 1. The second-order valence-corrected chi connectivity index (χ2v) is 3.74. The Morgan fingerprint density at radius 2 is 2.21 bits per heavy atom. The van der Waals surface area contributed by atoms with E-state index in [1.807, 2.05) is 6.08 Å². The monoisotopic (exact) mass is 194 g/mol. The first kappa shape index (κ1) is 9.36. The van der Waals surface area contributed by atoms with E-state index in [0.717, 1.165) is 13.1 Å². The molecule has 2 N–H and O–H groups in total. The maximum Gasteiger partial charge on any atom is 0.369 e. The molecule has 0 aromatic rings. The van der Waals surface area contributed by atoms with Gasteiger partial charge in [-0.25, -0.2) is 0 Å². The number of hydrazone groups is 1. The highest BCUT2D eigenvalue weighted by Gasteiger charge is 2.38. The lowest BCUT2D eigenvalue weighted by Gasteiger charge is -2.35. The van der Waals surface area contributed by atoms with E-state index in [1.165, 1.54) is 12.8 Å². The first-order valence-electron chi connectivity index (χ1n) is 4.89. The second kappa shape index (κ2) is 3.51. The lowest BCUT2D eigenvalue weighted by atomic mass is 10.4. The summed E-state index contributed by atoms with van der Waals surface area (Å²) in [7, 11) is 2.06. The summed E-state index contributed by atoms with van der Waals surface area (Å²) in [5.41, 5.74) is 0. The maximum atomic E-state index is 5.34. The highest BCUT2D eigenvalue weighted by molar-refractivity contribution is 5.89. The third kappa shape index (κ3) is 1.34. The van der Waals surface area contributed by atoms with Crippen LogP contribution in [-0.4, -0.2) is 41.9 Å². The molecule has 0 radical (unpaired) electrons. The number of quaternary nitrogens is 1. The van der Waals surface area contributed by atoms with Crippen LogP contribution in [0, 0.1) is 0 Å². The molecule has 0 bridgehead atoms. The largest absolute Gasteiger partial charge is 0.369 e. The number of rotatable bonds is 1. The maximum absolute atomic E-state index is 5.34. The fourth-order valence-electron chi connectivity index (χ4n) is 1.99. The van der Waals surface area contributed by atoms with Gasteiger partial charge >= 0.3 is 5.96 Å². The summed E-state index contributed by atoms with van der Waals surface area (Å²) in [5.74, 6) is 5.99. The molecule has 0 aromatic heterocycles. The van der Waals surface area contributed by atoms with Gasteiger partial charge in [0.2, 0.25) is 0 Å². The summed E-state index contributed by atoms with van der Waals surface area (Å²) in [6.45, 7) is 2.16. The van der Waals surface area contributed by atoms with Crippen LogP contribution in [-0.2, 0) is 0 Å². The quantitative estimate of drug-likeness (QED) is 0.370. The molecule has 0 saturated carbocycles. The van der Waals surface area contributed by atoms with Gasteiger partial charge in [0.1, 0.15) is 6.20 Å². The minimum Gasteiger partial charge on any atom is -0.316 e. The minimum atomic E-state index is 0.507. The smallest absolute Gasteiger partial charge is 0.316 e. The van der Waals surface area contributed by atoms with Crippen LogP contribution >= 0.6 is 0 Å². The molecule has 1 atom stereocenters. The Bertz CT molecular complexity index is 300. The minimum absolute atomic E-state index is 0.507. The van der Waals surface area contributed by atoms with Gasteiger partial charge < -0.3 is 5.84 Å². The molecule has 2 aliphatic heterocycles. The van der Waals surface area contributed by atoms with Crippen molar-refractivity contribution in [3.63, 3.8) is 0 Å². The van der Waals surface area contributed by atoms with Gasteiger partial charge in [0.05, 0.1) is 7.05 Å². The van der Waals surface area contributed by atoms with Crippen LogP contribution in [0.3, 0.4) is 0 Å². The van der Waals surface area contributed by atoms with Crippen LogP contribution in [0.5, 0.6) is 0 Å². The van der Waals surface area contributed by atoms with E-state index in [0.29, 0.717) is 10.6 Å². The van der Waals surface area contributed by atoms with Gasteiger partial charge in [0.15, 0.2) is 0 Å². The van der Waals surface area contributed by atoms with Crippen molar-refractivity contribution < 1.29 is 4.59 Å². The van der Waals surface area contributed by atoms with Gasteiger partial charge in [0, 0.05) is 25.4 Å². The number of aliphatic imine (C=N–C) groups is 1. The Hall–Kier alpha value is -1.20. The zero-order valence-corrected chi connectivity index (χ0v) is 8.43. The molecule has 5 nitrogen and oxygen atoms in total. The van der Waals surface area contributed by atoms with E-state index in [1.54, 1.807) is 6.21 Å². The number of guanidine groups is 1. The van der Waals surface area contributed by atoms with E-state index in [9.17, 15) is 0 Å². The molecule has 5 heteroatoms. The second-order valence-electron chi connectivity index (χ2n) is 3.74. The Labute approximate surface area is 83.8 Å². The zero-order valence-electron chi connectivity index (χ0n) is 8.43. The molecular weight excluding hydrogens is 178 g/mol. The fraction of sp³-hybridized carbons (Fsp3) is 0.556. The van der Waals surface area contributed by atoms with E-state index < -0.39 is 0 Å². The average molecular weight is 194 g/mol. The Morgan fingerprint density at radius 1 is 1.50 bits per heavy atom. The SMILES string of the molecule is C[N+]1(N2CCCC2)C=CC=NC1=NN. The normalized spacial score (nSPS) is 35.6. The van der Waals surface area contributed by atoms with E-state index in [4.69, 9.17) is 5.84 Å². The van der Waals surface area contributed by atoms with Crippen LogP contribution in [0.1, 0.15) is 12.8 Å². The summed E-state index contributed by atoms with van der Waals surface area (Å²) in [4.78, 5) is 4.19. The number of hydrogen-bond acceptors (Lipinski definition) is 3. The fourth-order valence-corrected chi connectivity index (χ4v) is 1.99. The zero-order chi connectivity index (χ0) is 10.0. The highest BCUT2D eigenvalue weighted by atomic mass is 15.8. The number of nitrogens with two attached hydrogens (primary N) is 1. The molecule has 0 aromatic carbocycles. The predicted molar refractivity (Wildman–Crippen MR) is 56.2 cm³/mol. The van der Waals surface area contributed by atoms with Crippen molar-refractivity contribution in [3.8, 4) is 0 Å². The van der Waals surface area contributed by atoms with Crippen molar-refractivity contribution in [2.75, 3.05) is 20.1 Å². The summed E-state index contributed by atoms with van der Waals surface area (Å²) in [6.07, 6.45) is 8.20. The van der Waals surface area contributed by atoms with Crippen molar-refractivity contribution >= 4 is 12.2 Å². The lowest BCUT2D eigenvalue weighted by molar-refractivity contribution is -0.895. The number of hydrogen-bond donors (Lipinski definition) is 1. The topological polar surface area (TPSA) is 54.0 Å². The third-order valence-electron chi connectivity index (χ3n) is 2.84. The summed E-state index contributed by atoms with van der Waals surface area (Å²) >= 11 is 0. The van der Waals surface area contributed by atoms with Crippen molar-refractivity contribution in [1.82, 2.24) is 5.01 Å². The van der Waals surface area contributed by atoms with Gasteiger partial charge in [-0.1, -0.05) is 0 Å². The van der Waals surface area contributed by atoms with Crippen LogP contribution in [0.2, 0.25) is 0 Å². The molecule has 0 aliphatic carbocycles. The molecule has 2 heterocycles. The predicted octanol–water partition coefficient (Wildman–Crippen LogP) is 0.272. The highest BCUT2D eigenvalue weighted by Crippen LogP contribution is 2.21. The molecule has 1 saturated heterocycles. The third-order valence-corrected chi connectivity index (χ3v) is 2.84. The first-order chi connectivity index (χ1) is 6.77. The van der Waals surface area contributed by atoms with E-state index in [2.05, 4.69) is 28.4 Å². The Balaban J connectivity index is 2.28. The summed E-state index contributed by atoms with van der Waals surface area (Å²) < 4.78 is 0.507. The van der Waals surface area contributed by atoms with Crippen LogP contribution in [0.15, 0.2) is 22.4 Å². The molecule has 1 unspecified atom stereocenters. The van der Waals surface area contributed by atoms with Crippen molar-refractivity contribution in [1.29, 1.82) is 0 Å². The Morgan fingerprint density at radius 3 is 2.86 bits per heavy atom. The molecule has 2 aliphatic rings. The van der Waals surface area contributed by atoms with Gasteiger partial charge in [-0.3, -0.25) is 0 Å². The van der Waals surface area contributed by atoms with Crippen molar-refractivity contribution in [2.24, 2.45) is 15.9 Å². The van der Waals surface area contributed by atoms with E-state index in [-0.39, 0.29) is 0 Å². The molecule has 1 fully saturated rings. The molecular formula is C9H16N5+. The van der Waals surface area contributed by atoms with Crippen molar-refractivity contribution in [3.05, 3.63) is 12.3 Å². The van der Waals surface area contributed by atoms with Crippen molar-refractivity contribution in [2.45, 2.75) is 12.8 Å². The average Bonchev–Trinajstić information content (AvgIpc) is 2.72. The summed E-state index contributed by atoms with van der Waals surface area (Å²) in [6, 6.07) is 0. The molecule has 14 heavy (non-hydrogen) atoms. The van der Waals surface area contributed by atoms with Crippen LogP contribution in [0.25, 0.3) is 0 Å². The van der Waals surface area contributed by atoms with Gasteiger partial charge in [-0.2, -0.15) is 9.58 Å². The van der Waals surface area contributed by atoms with Gasteiger partial charge in [-0.15, -0.1) is 10.1 Å². The first-order valence-corrected chi connectivity index (χ1v) is 4.89. The number of nitrogens with zero attached hydrogens (tertiary/aromatic N) is 4.